The highest BCUT2D eigenvalue weighted by atomic mass is 16.5. The SMILES string of the molecule is CCCNC1CCN(C(=O)COC(C)(C)C)CC1CC. The molecule has 0 radical (unpaired) electrons. The maximum Gasteiger partial charge on any atom is 0.248 e. The Labute approximate surface area is 124 Å². The minimum Gasteiger partial charge on any atom is -0.366 e. The topological polar surface area (TPSA) is 41.6 Å². The molecule has 1 aliphatic heterocycles. The molecular weight excluding hydrogens is 252 g/mol. The lowest BCUT2D eigenvalue weighted by molar-refractivity contribution is -0.143. The van der Waals surface area contributed by atoms with Crippen molar-refractivity contribution >= 4 is 5.91 Å². The zero-order valence-electron chi connectivity index (χ0n) is 13.9. The van der Waals surface area contributed by atoms with Gasteiger partial charge in [0.25, 0.3) is 0 Å². The lowest BCUT2D eigenvalue weighted by Gasteiger charge is -2.39. The Morgan fingerprint density at radius 1 is 1.35 bits per heavy atom. The van der Waals surface area contributed by atoms with Crippen LogP contribution in [0.25, 0.3) is 0 Å². The third-order valence-electron chi connectivity index (χ3n) is 3.90. The van der Waals surface area contributed by atoms with Crippen LogP contribution in [0.3, 0.4) is 0 Å². The molecule has 0 saturated carbocycles. The Hall–Kier alpha value is -0.610. The fraction of sp³-hybridized carbons (Fsp3) is 0.938. The van der Waals surface area contributed by atoms with Gasteiger partial charge >= 0.3 is 0 Å². The highest BCUT2D eigenvalue weighted by Gasteiger charge is 2.30. The van der Waals surface area contributed by atoms with E-state index in [1.54, 1.807) is 0 Å². The van der Waals surface area contributed by atoms with Gasteiger partial charge in [-0.05, 0) is 46.1 Å². The number of likely N-dealkylation sites (tertiary alicyclic amines) is 1. The van der Waals surface area contributed by atoms with Crippen molar-refractivity contribution in [2.24, 2.45) is 5.92 Å². The fourth-order valence-electron chi connectivity index (χ4n) is 2.64. The molecule has 0 bridgehead atoms. The van der Waals surface area contributed by atoms with Gasteiger partial charge in [0.1, 0.15) is 6.61 Å². The van der Waals surface area contributed by atoms with E-state index < -0.39 is 0 Å². The van der Waals surface area contributed by atoms with Gasteiger partial charge in [0.2, 0.25) is 5.91 Å². The van der Waals surface area contributed by atoms with Crippen LogP contribution < -0.4 is 5.32 Å². The Bertz CT molecular complexity index is 299. The number of amides is 1. The van der Waals surface area contributed by atoms with Crippen molar-refractivity contribution in [3.63, 3.8) is 0 Å². The van der Waals surface area contributed by atoms with E-state index in [9.17, 15) is 4.79 Å². The maximum atomic E-state index is 12.2. The number of carbonyl (C=O) groups excluding carboxylic acids is 1. The first kappa shape index (κ1) is 17.4. The number of hydrogen-bond donors (Lipinski definition) is 1. The fourth-order valence-corrected chi connectivity index (χ4v) is 2.64. The largest absolute Gasteiger partial charge is 0.366 e. The lowest BCUT2D eigenvalue weighted by atomic mass is 9.89. The van der Waals surface area contributed by atoms with Gasteiger partial charge in [-0.2, -0.15) is 0 Å². The quantitative estimate of drug-likeness (QED) is 0.814. The minimum absolute atomic E-state index is 0.132. The summed E-state index contributed by atoms with van der Waals surface area (Å²) in [5.74, 6) is 0.696. The average molecular weight is 284 g/mol. The average Bonchev–Trinajstić information content (AvgIpc) is 2.41. The number of rotatable bonds is 6. The molecule has 4 heteroatoms. The van der Waals surface area contributed by atoms with E-state index >= 15 is 0 Å². The number of carbonyl (C=O) groups is 1. The van der Waals surface area contributed by atoms with E-state index in [-0.39, 0.29) is 18.1 Å². The molecule has 0 spiro atoms. The van der Waals surface area contributed by atoms with Gasteiger partial charge in [-0.15, -0.1) is 0 Å². The summed E-state index contributed by atoms with van der Waals surface area (Å²) in [5.41, 5.74) is -0.249. The van der Waals surface area contributed by atoms with E-state index in [0.717, 1.165) is 38.9 Å². The lowest BCUT2D eigenvalue weighted by Crippen LogP contribution is -2.52. The molecule has 2 atom stereocenters. The van der Waals surface area contributed by atoms with Crippen LogP contribution >= 0.6 is 0 Å². The van der Waals surface area contributed by atoms with Crippen LogP contribution in [0.2, 0.25) is 0 Å². The summed E-state index contributed by atoms with van der Waals surface area (Å²) in [5, 5.41) is 3.62. The van der Waals surface area contributed by atoms with Crippen molar-refractivity contribution in [1.29, 1.82) is 0 Å². The Morgan fingerprint density at radius 2 is 2.05 bits per heavy atom. The third kappa shape index (κ3) is 5.80. The molecule has 4 nitrogen and oxygen atoms in total. The number of hydrogen-bond acceptors (Lipinski definition) is 3. The van der Waals surface area contributed by atoms with Crippen molar-refractivity contribution < 1.29 is 9.53 Å². The second kappa shape index (κ2) is 7.99. The third-order valence-corrected chi connectivity index (χ3v) is 3.90. The number of nitrogens with zero attached hydrogens (tertiary/aromatic N) is 1. The van der Waals surface area contributed by atoms with E-state index in [1.165, 1.54) is 0 Å². The summed E-state index contributed by atoms with van der Waals surface area (Å²) in [7, 11) is 0. The van der Waals surface area contributed by atoms with Crippen molar-refractivity contribution in [2.75, 3.05) is 26.2 Å². The van der Waals surface area contributed by atoms with Gasteiger partial charge < -0.3 is 15.0 Å². The maximum absolute atomic E-state index is 12.2. The molecular formula is C16H32N2O2. The van der Waals surface area contributed by atoms with Crippen molar-refractivity contribution in [3.05, 3.63) is 0 Å². The Morgan fingerprint density at radius 3 is 2.60 bits per heavy atom. The first-order chi connectivity index (χ1) is 9.37. The summed E-state index contributed by atoms with van der Waals surface area (Å²) in [6, 6.07) is 0.563. The Kier molecular flexibility index (Phi) is 6.96. The smallest absolute Gasteiger partial charge is 0.248 e. The van der Waals surface area contributed by atoms with Gasteiger partial charge in [0.05, 0.1) is 5.60 Å². The van der Waals surface area contributed by atoms with Crippen LogP contribution in [0.4, 0.5) is 0 Å². The molecule has 118 valence electrons. The summed E-state index contributed by atoms with van der Waals surface area (Å²) >= 11 is 0. The normalized spacial score (nSPS) is 23.9. The molecule has 0 aromatic heterocycles. The van der Waals surface area contributed by atoms with Gasteiger partial charge in [0.15, 0.2) is 0 Å². The minimum atomic E-state index is -0.249. The molecule has 20 heavy (non-hydrogen) atoms. The van der Waals surface area contributed by atoms with Gasteiger partial charge in [-0.1, -0.05) is 20.3 Å². The van der Waals surface area contributed by atoms with E-state index in [4.69, 9.17) is 4.74 Å². The number of piperidine rings is 1. The molecule has 0 aromatic rings. The summed E-state index contributed by atoms with van der Waals surface area (Å²) in [4.78, 5) is 14.2. The zero-order chi connectivity index (χ0) is 15.2. The molecule has 1 saturated heterocycles. The first-order valence-electron chi connectivity index (χ1n) is 8.02. The van der Waals surface area contributed by atoms with E-state index in [2.05, 4.69) is 19.2 Å². The van der Waals surface area contributed by atoms with Crippen LogP contribution in [0.1, 0.15) is 53.9 Å². The summed E-state index contributed by atoms with van der Waals surface area (Å²) < 4.78 is 5.60. The molecule has 1 aliphatic rings. The highest BCUT2D eigenvalue weighted by Crippen LogP contribution is 2.21. The van der Waals surface area contributed by atoms with Crippen LogP contribution in [-0.4, -0.2) is 48.7 Å². The number of nitrogens with one attached hydrogen (secondary N) is 1. The van der Waals surface area contributed by atoms with Crippen LogP contribution in [0.5, 0.6) is 0 Å². The molecule has 1 amide bonds. The van der Waals surface area contributed by atoms with Crippen molar-refractivity contribution in [1.82, 2.24) is 10.2 Å². The molecule has 2 unspecified atom stereocenters. The molecule has 1 heterocycles. The van der Waals surface area contributed by atoms with E-state index in [1.807, 2.05) is 25.7 Å². The van der Waals surface area contributed by atoms with Crippen LogP contribution in [-0.2, 0) is 9.53 Å². The molecule has 1 N–H and O–H groups in total. The summed E-state index contributed by atoms with van der Waals surface area (Å²) in [6.45, 7) is 13.3. The first-order valence-corrected chi connectivity index (χ1v) is 8.02. The predicted molar refractivity (Wildman–Crippen MR) is 82.8 cm³/mol. The van der Waals surface area contributed by atoms with Crippen molar-refractivity contribution in [3.8, 4) is 0 Å². The predicted octanol–water partition coefficient (Wildman–Crippen LogP) is 2.43. The number of ether oxygens (including phenoxy) is 1. The molecule has 0 aliphatic carbocycles. The van der Waals surface area contributed by atoms with E-state index in [0.29, 0.717) is 12.0 Å². The monoisotopic (exact) mass is 284 g/mol. The summed E-state index contributed by atoms with van der Waals surface area (Å²) in [6.07, 6.45) is 3.33. The standard InChI is InChI=1S/C16H32N2O2/c1-6-9-17-14-8-10-18(11-13(14)7-2)15(19)12-20-16(3,4)5/h13-14,17H,6-12H2,1-5H3. The Balaban J connectivity index is 2.45. The second-order valence-electron chi connectivity index (χ2n) is 6.76. The van der Waals surface area contributed by atoms with Gasteiger partial charge in [-0.25, -0.2) is 0 Å². The molecule has 1 rings (SSSR count). The van der Waals surface area contributed by atoms with Crippen LogP contribution in [0.15, 0.2) is 0 Å². The highest BCUT2D eigenvalue weighted by molar-refractivity contribution is 5.77. The second-order valence-corrected chi connectivity index (χ2v) is 6.76. The van der Waals surface area contributed by atoms with Gasteiger partial charge in [-0.3, -0.25) is 4.79 Å². The molecule has 1 fully saturated rings. The van der Waals surface area contributed by atoms with Gasteiger partial charge in [0, 0.05) is 19.1 Å². The zero-order valence-corrected chi connectivity index (χ0v) is 13.9. The molecule has 0 aromatic carbocycles. The van der Waals surface area contributed by atoms with Crippen molar-refractivity contribution in [2.45, 2.75) is 65.5 Å². The van der Waals surface area contributed by atoms with Crippen LogP contribution in [0, 0.1) is 5.92 Å².